The summed E-state index contributed by atoms with van der Waals surface area (Å²) in [7, 11) is 1.87. The molecule has 2 amide bonds. The van der Waals surface area contributed by atoms with Crippen molar-refractivity contribution in [3.05, 3.63) is 54.4 Å². The molecule has 0 bridgehead atoms. The third kappa shape index (κ3) is 4.09. The van der Waals surface area contributed by atoms with E-state index in [2.05, 4.69) is 34.6 Å². The lowest BCUT2D eigenvalue weighted by Crippen LogP contribution is -2.40. The number of nitrogens with one attached hydrogen (secondary N) is 1. The number of hydrogen-bond donors (Lipinski definition) is 1. The van der Waals surface area contributed by atoms with Gasteiger partial charge in [0.2, 0.25) is 0 Å². The van der Waals surface area contributed by atoms with Crippen LogP contribution in [0.15, 0.2) is 48.8 Å². The van der Waals surface area contributed by atoms with Crippen molar-refractivity contribution in [2.75, 3.05) is 13.6 Å². The molecule has 1 aliphatic carbocycles. The van der Waals surface area contributed by atoms with Gasteiger partial charge in [-0.3, -0.25) is 4.98 Å². The van der Waals surface area contributed by atoms with Crippen LogP contribution in [0.4, 0.5) is 4.79 Å². The third-order valence-electron chi connectivity index (χ3n) is 4.50. The Bertz CT molecular complexity index is 635. The first-order chi connectivity index (χ1) is 11.2. The van der Waals surface area contributed by atoms with Crippen LogP contribution in [0.2, 0.25) is 0 Å². The van der Waals surface area contributed by atoms with Gasteiger partial charge in [-0.15, -0.1) is 0 Å². The number of pyridine rings is 1. The molecule has 120 valence electrons. The lowest BCUT2D eigenvalue weighted by molar-refractivity contribution is 0.182. The third-order valence-corrected chi connectivity index (χ3v) is 4.50. The lowest BCUT2D eigenvalue weighted by atomic mass is 9.85. The Hall–Kier alpha value is -2.36. The molecule has 1 saturated carbocycles. The Morgan fingerprint density at radius 2 is 2.00 bits per heavy atom. The van der Waals surface area contributed by atoms with Crippen molar-refractivity contribution in [3.8, 4) is 11.1 Å². The molecule has 1 fully saturated rings. The molecule has 0 aliphatic heterocycles. The van der Waals surface area contributed by atoms with E-state index in [4.69, 9.17) is 0 Å². The van der Waals surface area contributed by atoms with E-state index in [1.54, 1.807) is 11.1 Å². The van der Waals surface area contributed by atoms with Gasteiger partial charge in [-0.1, -0.05) is 36.8 Å². The average molecular weight is 309 g/mol. The van der Waals surface area contributed by atoms with Crippen LogP contribution >= 0.6 is 0 Å². The summed E-state index contributed by atoms with van der Waals surface area (Å²) in [6.07, 6.45) is 7.45. The van der Waals surface area contributed by atoms with Crippen molar-refractivity contribution in [2.45, 2.75) is 25.8 Å². The maximum absolute atomic E-state index is 12.1. The minimum Gasteiger partial charge on any atom is -0.334 e. The Morgan fingerprint density at radius 1 is 1.22 bits per heavy atom. The highest BCUT2D eigenvalue weighted by molar-refractivity contribution is 5.73. The Morgan fingerprint density at radius 3 is 2.61 bits per heavy atom. The molecule has 1 aromatic carbocycles. The first-order valence-electron chi connectivity index (χ1n) is 8.20. The summed E-state index contributed by atoms with van der Waals surface area (Å²) < 4.78 is 0. The molecule has 23 heavy (non-hydrogen) atoms. The molecule has 0 radical (unpaired) electrons. The number of amides is 2. The predicted octanol–water partition coefficient (Wildman–Crippen LogP) is 3.69. The normalized spacial score (nSPS) is 14.1. The van der Waals surface area contributed by atoms with Gasteiger partial charge >= 0.3 is 6.03 Å². The van der Waals surface area contributed by atoms with Crippen molar-refractivity contribution in [3.63, 3.8) is 0 Å². The van der Waals surface area contributed by atoms with Gasteiger partial charge in [0.1, 0.15) is 0 Å². The molecule has 0 atom stereocenters. The Balaban J connectivity index is 1.51. The van der Waals surface area contributed by atoms with Gasteiger partial charge in [0.15, 0.2) is 0 Å². The number of benzene rings is 1. The van der Waals surface area contributed by atoms with Crippen LogP contribution in [-0.4, -0.2) is 29.5 Å². The van der Waals surface area contributed by atoms with Crippen LogP contribution in [0.25, 0.3) is 11.1 Å². The van der Waals surface area contributed by atoms with Crippen molar-refractivity contribution < 1.29 is 4.79 Å². The highest BCUT2D eigenvalue weighted by Crippen LogP contribution is 2.26. The number of urea groups is 1. The molecular weight excluding hydrogens is 286 g/mol. The maximum Gasteiger partial charge on any atom is 0.317 e. The first kappa shape index (κ1) is 15.5. The van der Waals surface area contributed by atoms with Gasteiger partial charge in [0.05, 0.1) is 0 Å². The molecule has 0 saturated heterocycles. The molecule has 4 nitrogen and oxygen atoms in total. The summed E-state index contributed by atoms with van der Waals surface area (Å²) in [6, 6.07) is 12.2. The molecule has 0 spiro atoms. The molecule has 3 rings (SSSR count). The Kier molecular flexibility index (Phi) is 4.91. The quantitative estimate of drug-likeness (QED) is 0.915. The van der Waals surface area contributed by atoms with Crippen LogP contribution in [0.1, 0.15) is 24.8 Å². The van der Waals surface area contributed by atoms with E-state index in [1.807, 2.05) is 25.4 Å². The van der Waals surface area contributed by atoms with Crippen LogP contribution in [0.3, 0.4) is 0 Å². The summed E-state index contributed by atoms with van der Waals surface area (Å²) in [4.78, 5) is 18.0. The second-order valence-electron chi connectivity index (χ2n) is 6.27. The minimum atomic E-state index is 0.00763. The number of hydrogen-bond acceptors (Lipinski definition) is 2. The minimum absolute atomic E-state index is 0.00763. The number of rotatable bonds is 5. The summed E-state index contributed by atoms with van der Waals surface area (Å²) in [5.74, 6) is 0.699. The second kappa shape index (κ2) is 7.27. The van der Waals surface area contributed by atoms with E-state index in [9.17, 15) is 4.79 Å². The first-order valence-corrected chi connectivity index (χ1v) is 8.20. The van der Waals surface area contributed by atoms with Gasteiger partial charge in [0.25, 0.3) is 0 Å². The zero-order chi connectivity index (χ0) is 16.1. The molecule has 0 unspecified atom stereocenters. The summed E-state index contributed by atoms with van der Waals surface area (Å²) in [6.45, 7) is 1.42. The standard InChI is InChI=1S/C19H23N3O/c1-22(14-16-4-2-5-16)19(23)21-12-15-7-9-17(10-8-15)18-6-3-11-20-13-18/h3,6-11,13,16H,2,4-5,12,14H2,1H3,(H,21,23). The molecule has 1 aromatic heterocycles. The molecule has 1 heterocycles. The van der Waals surface area contributed by atoms with Gasteiger partial charge in [-0.25, -0.2) is 4.79 Å². The molecule has 1 N–H and O–H groups in total. The summed E-state index contributed by atoms with van der Waals surface area (Å²) in [5.41, 5.74) is 3.33. The van der Waals surface area contributed by atoms with Crippen molar-refractivity contribution in [1.82, 2.24) is 15.2 Å². The van der Waals surface area contributed by atoms with Crippen LogP contribution in [-0.2, 0) is 6.54 Å². The zero-order valence-corrected chi connectivity index (χ0v) is 13.5. The van der Waals surface area contributed by atoms with E-state index >= 15 is 0 Å². The van der Waals surface area contributed by atoms with E-state index in [0.29, 0.717) is 12.5 Å². The zero-order valence-electron chi connectivity index (χ0n) is 13.5. The molecule has 1 aliphatic rings. The molecule has 4 heteroatoms. The Labute approximate surface area is 137 Å². The van der Waals surface area contributed by atoms with Crippen molar-refractivity contribution in [2.24, 2.45) is 5.92 Å². The monoisotopic (exact) mass is 309 g/mol. The van der Waals surface area contributed by atoms with E-state index < -0.39 is 0 Å². The van der Waals surface area contributed by atoms with Crippen molar-refractivity contribution in [1.29, 1.82) is 0 Å². The van der Waals surface area contributed by atoms with Gasteiger partial charge in [0, 0.05) is 32.5 Å². The topological polar surface area (TPSA) is 45.2 Å². The lowest BCUT2D eigenvalue weighted by Gasteiger charge is -2.30. The number of aromatic nitrogens is 1. The molecule has 2 aromatic rings. The van der Waals surface area contributed by atoms with Gasteiger partial charge in [-0.2, -0.15) is 0 Å². The fourth-order valence-electron chi connectivity index (χ4n) is 2.81. The van der Waals surface area contributed by atoms with Gasteiger partial charge < -0.3 is 10.2 Å². The SMILES string of the molecule is CN(CC1CCC1)C(=O)NCc1ccc(-c2cccnc2)cc1. The number of nitrogens with zero attached hydrogens (tertiary/aromatic N) is 2. The summed E-state index contributed by atoms with van der Waals surface area (Å²) in [5, 5.41) is 2.99. The predicted molar refractivity (Wildman–Crippen MR) is 91.9 cm³/mol. The largest absolute Gasteiger partial charge is 0.334 e. The fraction of sp³-hybridized carbons (Fsp3) is 0.368. The second-order valence-corrected chi connectivity index (χ2v) is 6.27. The van der Waals surface area contributed by atoms with Crippen LogP contribution < -0.4 is 5.32 Å². The average Bonchev–Trinajstić information content (AvgIpc) is 2.57. The summed E-state index contributed by atoms with van der Waals surface area (Å²) >= 11 is 0. The fourth-order valence-corrected chi connectivity index (χ4v) is 2.81. The smallest absolute Gasteiger partial charge is 0.317 e. The van der Waals surface area contributed by atoms with E-state index in [1.165, 1.54) is 19.3 Å². The number of carbonyl (C=O) groups is 1. The van der Waals surface area contributed by atoms with E-state index in [0.717, 1.165) is 23.2 Å². The van der Waals surface area contributed by atoms with Crippen LogP contribution in [0.5, 0.6) is 0 Å². The van der Waals surface area contributed by atoms with E-state index in [-0.39, 0.29) is 6.03 Å². The molecular formula is C19H23N3O. The van der Waals surface area contributed by atoms with Gasteiger partial charge in [-0.05, 0) is 41.5 Å². The van der Waals surface area contributed by atoms with Crippen molar-refractivity contribution >= 4 is 6.03 Å². The number of carbonyl (C=O) groups excluding carboxylic acids is 1. The highest BCUT2D eigenvalue weighted by atomic mass is 16.2. The maximum atomic E-state index is 12.1. The highest BCUT2D eigenvalue weighted by Gasteiger charge is 2.21. The van der Waals surface area contributed by atoms with Crippen LogP contribution in [0, 0.1) is 5.92 Å².